The fraction of sp³-hybridized carbons (Fsp3) is 1.00. The van der Waals surface area contributed by atoms with Gasteiger partial charge in [-0.15, -0.1) is 0 Å². The summed E-state index contributed by atoms with van der Waals surface area (Å²) >= 11 is 0. The van der Waals surface area contributed by atoms with Crippen molar-refractivity contribution in [2.45, 2.75) is 67.7 Å². The molecule has 0 spiro atoms. The molecular weight excluding hydrogens is 192 g/mol. The van der Waals surface area contributed by atoms with E-state index in [2.05, 4.69) is 48.5 Å². The van der Waals surface area contributed by atoms with Crippen LogP contribution in [-0.2, 0) is 0 Å². The van der Waals surface area contributed by atoms with Gasteiger partial charge in [0.2, 0.25) is 0 Å². The third-order valence-corrected chi connectivity index (χ3v) is 6.07. The predicted molar refractivity (Wildman–Crippen MR) is 73.5 cm³/mol. The van der Waals surface area contributed by atoms with E-state index in [1.165, 1.54) is 19.3 Å². The summed E-state index contributed by atoms with van der Waals surface area (Å²) in [5.74, 6) is 4.55. The number of hydrogen-bond acceptors (Lipinski definition) is 0. The fourth-order valence-corrected chi connectivity index (χ4v) is 4.16. The Morgan fingerprint density at radius 3 is 1.94 bits per heavy atom. The summed E-state index contributed by atoms with van der Waals surface area (Å²) < 4.78 is 0. The molecule has 0 aromatic carbocycles. The van der Waals surface area contributed by atoms with Gasteiger partial charge in [0.1, 0.15) is 0 Å². The van der Waals surface area contributed by atoms with Crippen LogP contribution in [0.1, 0.15) is 67.7 Å². The van der Waals surface area contributed by atoms with Crippen molar-refractivity contribution >= 4 is 0 Å². The first-order valence-corrected chi connectivity index (χ1v) is 7.39. The standard InChI is InChI=1S/C16H32/c1-8-14(9-2)15-10-12(5)16(15,7)13(6)11(3)4/h11-15H,8-10H2,1-7H3. The van der Waals surface area contributed by atoms with Gasteiger partial charge in [-0.2, -0.15) is 0 Å². The quantitative estimate of drug-likeness (QED) is 0.588. The minimum atomic E-state index is 0.602. The maximum Gasteiger partial charge on any atom is -0.0241 e. The summed E-state index contributed by atoms with van der Waals surface area (Å²) in [5, 5.41) is 0. The van der Waals surface area contributed by atoms with Crippen LogP contribution in [0.3, 0.4) is 0 Å². The normalized spacial score (nSPS) is 36.6. The molecule has 0 aromatic rings. The molecule has 1 rings (SSSR count). The van der Waals surface area contributed by atoms with Crippen molar-refractivity contribution in [1.29, 1.82) is 0 Å². The lowest BCUT2D eigenvalue weighted by molar-refractivity contribution is -0.117. The van der Waals surface area contributed by atoms with E-state index in [1.54, 1.807) is 0 Å². The van der Waals surface area contributed by atoms with E-state index in [0.717, 1.165) is 29.6 Å². The van der Waals surface area contributed by atoms with Gasteiger partial charge in [-0.1, -0.05) is 61.3 Å². The monoisotopic (exact) mass is 224 g/mol. The van der Waals surface area contributed by atoms with Gasteiger partial charge in [0.05, 0.1) is 0 Å². The Labute approximate surface area is 103 Å². The molecule has 1 aliphatic rings. The number of hydrogen-bond donors (Lipinski definition) is 0. The Bertz CT molecular complexity index is 214. The maximum absolute atomic E-state index is 2.56. The summed E-state index contributed by atoms with van der Waals surface area (Å²) in [6.45, 7) is 17.0. The lowest BCUT2D eigenvalue weighted by Gasteiger charge is -2.60. The number of rotatable bonds is 5. The molecule has 4 unspecified atom stereocenters. The van der Waals surface area contributed by atoms with E-state index < -0.39 is 0 Å². The molecule has 0 bridgehead atoms. The average Bonchev–Trinajstić information content (AvgIpc) is 2.27. The van der Waals surface area contributed by atoms with Crippen LogP contribution < -0.4 is 0 Å². The summed E-state index contributed by atoms with van der Waals surface area (Å²) in [4.78, 5) is 0. The lowest BCUT2D eigenvalue weighted by Crippen LogP contribution is -2.53. The van der Waals surface area contributed by atoms with Gasteiger partial charge >= 0.3 is 0 Å². The first kappa shape index (κ1) is 14.1. The van der Waals surface area contributed by atoms with Gasteiger partial charge in [0, 0.05) is 0 Å². The second kappa shape index (κ2) is 5.10. The van der Waals surface area contributed by atoms with Crippen LogP contribution in [0.2, 0.25) is 0 Å². The first-order valence-electron chi connectivity index (χ1n) is 7.39. The van der Waals surface area contributed by atoms with Gasteiger partial charge < -0.3 is 0 Å². The molecule has 0 heteroatoms. The van der Waals surface area contributed by atoms with E-state index in [1.807, 2.05) is 0 Å². The molecule has 96 valence electrons. The summed E-state index contributed by atoms with van der Waals surface area (Å²) in [6, 6.07) is 0. The summed E-state index contributed by atoms with van der Waals surface area (Å²) in [5.41, 5.74) is 0.602. The van der Waals surface area contributed by atoms with Crippen molar-refractivity contribution in [2.75, 3.05) is 0 Å². The molecule has 16 heavy (non-hydrogen) atoms. The largest absolute Gasteiger partial charge is 0.0651 e. The third-order valence-electron chi connectivity index (χ3n) is 6.07. The minimum absolute atomic E-state index is 0.602. The molecule has 0 N–H and O–H groups in total. The van der Waals surface area contributed by atoms with Crippen LogP contribution in [0.4, 0.5) is 0 Å². The summed E-state index contributed by atoms with van der Waals surface area (Å²) in [6.07, 6.45) is 4.21. The van der Waals surface area contributed by atoms with Gasteiger partial charge in [0.15, 0.2) is 0 Å². The Hall–Kier alpha value is 0. The average molecular weight is 224 g/mol. The van der Waals surface area contributed by atoms with Crippen molar-refractivity contribution in [3.8, 4) is 0 Å². The summed E-state index contributed by atoms with van der Waals surface area (Å²) in [7, 11) is 0. The smallest absolute Gasteiger partial charge is 0.0241 e. The Morgan fingerprint density at radius 2 is 1.62 bits per heavy atom. The molecule has 0 nitrogen and oxygen atoms in total. The highest BCUT2D eigenvalue weighted by Crippen LogP contribution is 2.61. The van der Waals surface area contributed by atoms with Crippen LogP contribution >= 0.6 is 0 Å². The second-order valence-electron chi connectivity index (χ2n) is 6.72. The first-order chi connectivity index (χ1) is 7.39. The molecule has 1 fully saturated rings. The predicted octanol–water partition coefficient (Wildman–Crippen LogP) is 5.38. The molecule has 4 atom stereocenters. The van der Waals surface area contributed by atoms with Crippen LogP contribution in [0.5, 0.6) is 0 Å². The van der Waals surface area contributed by atoms with Gasteiger partial charge in [0.25, 0.3) is 0 Å². The second-order valence-corrected chi connectivity index (χ2v) is 6.72. The Kier molecular flexibility index (Phi) is 4.49. The fourth-order valence-electron chi connectivity index (χ4n) is 4.16. The zero-order valence-corrected chi connectivity index (χ0v) is 12.5. The van der Waals surface area contributed by atoms with Crippen LogP contribution in [-0.4, -0.2) is 0 Å². The molecule has 0 radical (unpaired) electrons. The van der Waals surface area contributed by atoms with Gasteiger partial charge in [-0.3, -0.25) is 0 Å². The molecule has 0 amide bonds. The van der Waals surface area contributed by atoms with Gasteiger partial charge in [-0.05, 0) is 41.4 Å². The molecular formula is C16H32. The zero-order chi connectivity index (χ0) is 12.5. The molecule has 0 heterocycles. The van der Waals surface area contributed by atoms with Crippen molar-refractivity contribution < 1.29 is 0 Å². The highest BCUT2D eigenvalue weighted by molar-refractivity contribution is 5.02. The van der Waals surface area contributed by atoms with Crippen molar-refractivity contribution in [1.82, 2.24) is 0 Å². The maximum atomic E-state index is 2.56. The Morgan fingerprint density at radius 1 is 1.12 bits per heavy atom. The molecule has 0 saturated heterocycles. The topological polar surface area (TPSA) is 0 Å². The van der Waals surface area contributed by atoms with E-state index in [9.17, 15) is 0 Å². The zero-order valence-electron chi connectivity index (χ0n) is 12.5. The van der Waals surface area contributed by atoms with Crippen LogP contribution in [0.15, 0.2) is 0 Å². The molecule has 0 aromatic heterocycles. The van der Waals surface area contributed by atoms with Crippen molar-refractivity contribution in [3.05, 3.63) is 0 Å². The van der Waals surface area contributed by atoms with E-state index in [4.69, 9.17) is 0 Å². The lowest BCUT2D eigenvalue weighted by atomic mass is 9.45. The van der Waals surface area contributed by atoms with E-state index in [0.29, 0.717) is 5.41 Å². The third kappa shape index (κ3) is 2.05. The van der Waals surface area contributed by atoms with Crippen molar-refractivity contribution in [3.63, 3.8) is 0 Å². The molecule has 1 saturated carbocycles. The Balaban J connectivity index is 2.82. The van der Waals surface area contributed by atoms with E-state index in [-0.39, 0.29) is 0 Å². The van der Waals surface area contributed by atoms with Gasteiger partial charge in [-0.25, -0.2) is 0 Å². The highest BCUT2D eigenvalue weighted by atomic mass is 14.6. The van der Waals surface area contributed by atoms with E-state index >= 15 is 0 Å². The molecule has 1 aliphatic carbocycles. The van der Waals surface area contributed by atoms with Crippen LogP contribution in [0.25, 0.3) is 0 Å². The van der Waals surface area contributed by atoms with Crippen molar-refractivity contribution in [2.24, 2.45) is 35.0 Å². The highest BCUT2D eigenvalue weighted by Gasteiger charge is 2.54. The van der Waals surface area contributed by atoms with Crippen LogP contribution in [0, 0.1) is 35.0 Å². The molecule has 0 aliphatic heterocycles. The minimum Gasteiger partial charge on any atom is -0.0651 e. The SMILES string of the molecule is CCC(CC)C1CC(C)C1(C)C(C)C(C)C.